The third-order valence-corrected chi connectivity index (χ3v) is 4.18. The molecule has 1 aromatic heterocycles. The minimum atomic E-state index is -0.172. The number of amides is 1. The van der Waals surface area contributed by atoms with Gasteiger partial charge in [0.1, 0.15) is 5.69 Å². The maximum atomic E-state index is 12.3. The van der Waals surface area contributed by atoms with Crippen LogP contribution in [0.25, 0.3) is 0 Å². The maximum absolute atomic E-state index is 12.3. The molecule has 0 fully saturated rings. The highest BCUT2D eigenvalue weighted by Gasteiger charge is 2.09. The van der Waals surface area contributed by atoms with Gasteiger partial charge in [-0.3, -0.25) is 4.79 Å². The molecule has 2 rings (SSSR count). The first-order valence-electron chi connectivity index (χ1n) is 10.8. The molecule has 0 aliphatic rings. The van der Waals surface area contributed by atoms with E-state index in [-0.39, 0.29) is 5.91 Å². The molecule has 6 nitrogen and oxygen atoms in total. The van der Waals surface area contributed by atoms with Gasteiger partial charge in [0.2, 0.25) is 0 Å². The molecular formula is C27H38N4O2. The molecule has 2 aromatic rings. The van der Waals surface area contributed by atoms with Crippen molar-refractivity contribution in [1.29, 1.82) is 0 Å². The van der Waals surface area contributed by atoms with Crippen molar-refractivity contribution < 1.29 is 9.90 Å². The van der Waals surface area contributed by atoms with E-state index in [2.05, 4.69) is 47.5 Å². The summed E-state index contributed by atoms with van der Waals surface area (Å²) in [5.74, 6) is 5.89. The van der Waals surface area contributed by atoms with E-state index >= 15 is 0 Å². The van der Waals surface area contributed by atoms with Crippen LogP contribution >= 0.6 is 0 Å². The van der Waals surface area contributed by atoms with Crippen molar-refractivity contribution in [2.75, 3.05) is 19.0 Å². The van der Waals surface area contributed by atoms with E-state index in [1.54, 1.807) is 12.3 Å². The zero-order chi connectivity index (χ0) is 25.1. The molecule has 1 amide bonds. The van der Waals surface area contributed by atoms with Gasteiger partial charge >= 0.3 is 0 Å². The lowest BCUT2D eigenvalue weighted by Gasteiger charge is -2.05. The minimum Gasteiger partial charge on any atom is -0.400 e. The molecule has 0 bridgehead atoms. The second kappa shape index (κ2) is 18.1. The van der Waals surface area contributed by atoms with Gasteiger partial charge in [-0.15, -0.1) is 6.58 Å². The number of nitrogens with one attached hydrogen (secondary N) is 3. The lowest BCUT2D eigenvalue weighted by molar-refractivity contribution is 0.102. The molecule has 0 aliphatic heterocycles. The van der Waals surface area contributed by atoms with Crippen LogP contribution in [0, 0.1) is 18.8 Å². The molecule has 1 heterocycles. The summed E-state index contributed by atoms with van der Waals surface area (Å²) in [6, 6.07) is 9.29. The van der Waals surface area contributed by atoms with Crippen molar-refractivity contribution in [3.63, 3.8) is 0 Å². The number of rotatable bonds is 8. The van der Waals surface area contributed by atoms with Crippen molar-refractivity contribution in [3.8, 4) is 11.8 Å². The van der Waals surface area contributed by atoms with Crippen LogP contribution in [0.3, 0.4) is 0 Å². The Bertz CT molecular complexity index is 962. The summed E-state index contributed by atoms with van der Waals surface area (Å²) >= 11 is 0. The quantitative estimate of drug-likeness (QED) is 0.225. The molecule has 33 heavy (non-hydrogen) atoms. The first-order valence-corrected chi connectivity index (χ1v) is 10.8. The van der Waals surface area contributed by atoms with E-state index in [9.17, 15) is 4.79 Å². The fourth-order valence-electron chi connectivity index (χ4n) is 2.57. The first kappa shape index (κ1) is 29.5. The number of aromatic amines is 1. The van der Waals surface area contributed by atoms with Crippen LogP contribution in [0.15, 0.2) is 73.2 Å². The van der Waals surface area contributed by atoms with Gasteiger partial charge in [-0.2, -0.15) is 0 Å². The Kier molecular flexibility index (Phi) is 16.1. The van der Waals surface area contributed by atoms with Crippen LogP contribution in [0.4, 0.5) is 5.69 Å². The fraction of sp³-hybridized carbons (Fsp3) is 0.296. The summed E-state index contributed by atoms with van der Waals surface area (Å²) in [6.45, 7) is 13.9. The SMILES string of the molecule is C=C(C#Cc1cccc(NC(=O)c2[nH]ccc2C)c1)N/C=C(\C)CCCCN.C=CC.CO. The molecule has 0 spiro atoms. The Hall–Kier alpha value is -3.53. The van der Waals surface area contributed by atoms with E-state index in [1.807, 2.05) is 50.4 Å². The molecule has 0 atom stereocenters. The van der Waals surface area contributed by atoms with Gasteiger partial charge < -0.3 is 26.5 Å². The summed E-state index contributed by atoms with van der Waals surface area (Å²) in [5, 5.41) is 13.0. The molecule has 178 valence electrons. The number of carbonyl (C=O) groups excluding carboxylic acids is 1. The van der Waals surface area contributed by atoms with Crippen LogP contribution in [0.1, 0.15) is 54.7 Å². The van der Waals surface area contributed by atoms with Gasteiger partial charge in [0.15, 0.2) is 0 Å². The van der Waals surface area contributed by atoms with Crippen molar-refractivity contribution in [2.45, 2.75) is 40.0 Å². The molecule has 0 saturated heterocycles. The van der Waals surface area contributed by atoms with Crippen LogP contribution < -0.4 is 16.4 Å². The van der Waals surface area contributed by atoms with E-state index in [4.69, 9.17) is 10.8 Å². The van der Waals surface area contributed by atoms with Gasteiger partial charge in [0, 0.05) is 30.8 Å². The van der Waals surface area contributed by atoms with E-state index in [0.717, 1.165) is 44.0 Å². The Morgan fingerprint density at radius 3 is 2.58 bits per heavy atom. The maximum Gasteiger partial charge on any atom is 0.272 e. The fourth-order valence-corrected chi connectivity index (χ4v) is 2.57. The van der Waals surface area contributed by atoms with E-state index < -0.39 is 0 Å². The Labute approximate surface area is 198 Å². The minimum absolute atomic E-state index is 0.172. The van der Waals surface area contributed by atoms with Gasteiger partial charge in [0.25, 0.3) is 5.91 Å². The molecule has 0 aliphatic carbocycles. The third kappa shape index (κ3) is 12.8. The predicted molar refractivity (Wildman–Crippen MR) is 140 cm³/mol. The van der Waals surface area contributed by atoms with Crippen molar-refractivity contribution in [2.24, 2.45) is 5.73 Å². The second-order valence-corrected chi connectivity index (χ2v) is 7.09. The molecule has 0 radical (unpaired) electrons. The lowest BCUT2D eigenvalue weighted by atomic mass is 10.1. The monoisotopic (exact) mass is 450 g/mol. The summed E-state index contributed by atoms with van der Waals surface area (Å²) in [5.41, 5.74) is 10.3. The number of aromatic nitrogens is 1. The zero-order valence-corrected chi connectivity index (χ0v) is 20.3. The zero-order valence-electron chi connectivity index (χ0n) is 20.3. The molecule has 1 aromatic carbocycles. The summed E-state index contributed by atoms with van der Waals surface area (Å²) in [7, 11) is 1.00. The number of hydrogen-bond acceptors (Lipinski definition) is 4. The lowest BCUT2D eigenvalue weighted by Crippen LogP contribution is -2.13. The highest BCUT2D eigenvalue weighted by atomic mass is 16.2. The average Bonchev–Trinajstić information content (AvgIpc) is 3.24. The number of aliphatic hydroxyl groups is 1. The molecule has 0 unspecified atom stereocenters. The van der Waals surface area contributed by atoms with Crippen LogP contribution in [0.5, 0.6) is 0 Å². The Morgan fingerprint density at radius 2 is 1.97 bits per heavy atom. The molecule has 6 N–H and O–H groups in total. The average molecular weight is 451 g/mol. The summed E-state index contributed by atoms with van der Waals surface area (Å²) < 4.78 is 0. The number of unbranched alkanes of at least 4 members (excludes halogenated alkanes) is 1. The van der Waals surface area contributed by atoms with Crippen molar-refractivity contribution in [3.05, 3.63) is 90.1 Å². The number of aliphatic hydroxyl groups excluding tert-OH is 1. The van der Waals surface area contributed by atoms with Gasteiger partial charge in [0.05, 0.1) is 5.70 Å². The number of carbonyl (C=O) groups is 1. The van der Waals surface area contributed by atoms with Gasteiger partial charge in [-0.25, -0.2) is 0 Å². The number of nitrogens with two attached hydrogens (primary N) is 1. The normalized spacial score (nSPS) is 9.70. The molecule has 0 saturated carbocycles. The van der Waals surface area contributed by atoms with Crippen LogP contribution in [-0.4, -0.2) is 29.7 Å². The van der Waals surface area contributed by atoms with E-state index in [0.29, 0.717) is 17.1 Å². The number of hydrogen-bond donors (Lipinski definition) is 5. The number of anilines is 1. The highest BCUT2D eigenvalue weighted by molar-refractivity contribution is 6.04. The van der Waals surface area contributed by atoms with Gasteiger partial charge in [-0.05, 0) is 82.3 Å². The highest BCUT2D eigenvalue weighted by Crippen LogP contribution is 2.13. The standard InChI is InChI=1S/C23H28N4O.C3H6.CH4O/c1-17(7-4-5-13-24)16-26-19(3)10-11-20-8-6-9-21(15-20)27-23(28)22-18(2)12-14-25-22;1-3-2;1-2/h6,8-9,12,14-16,25-26H,3-5,7,13,24H2,1-2H3,(H,27,28);3H,1H2,2H3;2H,1H3/b17-16+;;. The van der Waals surface area contributed by atoms with Crippen LogP contribution in [0.2, 0.25) is 0 Å². The number of allylic oxidation sites excluding steroid dienone is 3. The molecular weight excluding hydrogens is 412 g/mol. The third-order valence-electron chi connectivity index (χ3n) is 4.18. The number of aryl methyl sites for hydroxylation is 1. The second-order valence-electron chi connectivity index (χ2n) is 7.09. The smallest absolute Gasteiger partial charge is 0.272 e. The van der Waals surface area contributed by atoms with E-state index in [1.165, 1.54) is 5.57 Å². The number of H-pyrrole nitrogens is 1. The predicted octanol–water partition coefficient (Wildman–Crippen LogP) is 4.86. The van der Waals surface area contributed by atoms with Crippen molar-refractivity contribution >= 4 is 11.6 Å². The van der Waals surface area contributed by atoms with Crippen molar-refractivity contribution in [1.82, 2.24) is 10.3 Å². The summed E-state index contributed by atoms with van der Waals surface area (Å²) in [6.07, 6.45) is 8.55. The largest absolute Gasteiger partial charge is 0.400 e. The Balaban J connectivity index is 0.00000189. The summed E-state index contributed by atoms with van der Waals surface area (Å²) in [4.78, 5) is 15.2. The Morgan fingerprint density at radius 1 is 1.27 bits per heavy atom. The first-order chi connectivity index (χ1) is 15.9. The molecule has 6 heteroatoms. The van der Waals surface area contributed by atoms with Gasteiger partial charge in [-0.1, -0.05) is 30.2 Å². The topological polar surface area (TPSA) is 103 Å². The number of benzene rings is 1. The van der Waals surface area contributed by atoms with Crippen LogP contribution in [-0.2, 0) is 0 Å².